The normalized spacial score (nSPS) is 36.0. The molecule has 0 aromatic rings. The number of aliphatic hydroxyl groups is 1. The third-order valence-electron chi connectivity index (χ3n) is 5.52. The topological polar surface area (TPSA) is 29.5 Å². The van der Waals surface area contributed by atoms with Crippen molar-refractivity contribution in [2.45, 2.75) is 88.9 Å². The van der Waals surface area contributed by atoms with Crippen molar-refractivity contribution in [3.8, 4) is 0 Å². The molecule has 0 aromatic heterocycles. The second-order valence-electron chi connectivity index (χ2n) is 6.76. The van der Waals surface area contributed by atoms with Crippen LogP contribution < -0.4 is 0 Å². The fourth-order valence-corrected chi connectivity index (χ4v) is 4.01. The van der Waals surface area contributed by atoms with E-state index in [-0.39, 0.29) is 17.1 Å². The molecule has 0 radical (unpaired) electrons. The monoisotopic (exact) mass is 238 g/mol. The van der Waals surface area contributed by atoms with Crippen molar-refractivity contribution in [3.63, 3.8) is 0 Å². The number of ether oxygens (including phenoxy) is 1. The fourth-order valence-electron chi connectivity index (χ4n) is 4.01. The Morgan fingerprint density at radius 2 is 1.82 bits per heavy atom. The Labute approximate surface area is 105 Å². The smallest absolute Gasteiger partial charge is 0.0687 e. The lowest BCUT2D eigenvalue weighted by molar-refractivity contribution is -0.0770. The maximum Gasteiger partial charge on any atom is 0.0687 e. The van der Waals surface area contributed by atoms with Gasteiger partial charge >= 0.3 is 0 Å². The van der Waals surface area contributed by atoms with Crippen LogP contribution in [0.3, 0.4) is 0 Å². The van der Waals surface area contributed by atoms with Crippen LogP contribution in [0, 0.1) is 5.41 Å². The SMILES string of the molecule is CC(O)C1(CC2CCC3(CCCCC3)O2)CC1. The molecule has 2 unspecified atom stereocenters. The molecule has 0 aromatic carbocycles. The highest BCUT2D eigenvalue weighted by Crippen LogP contribution is 2.55. The van der Waals surface area contributed by atoms with E-state index in [9.17, 15) is 5.11 Å². The molecule has 3 rings (SSSR count). The van der Waals surface area contributed by atoms with E-state index in [2.05, 4.69) is 0 Å². The summed E-state index contributed by atoms with van der Waals surface area (Å²) in [5.41, 5.74) is 0.475. The van der Waals surface area contributed by atoms with Crippen molar-refractivity contribution < 1.29 is 9.84 Å². The van der Waals surface area contributed by atoms with Gasteiger partial charge in [-0.3, -0.25) is 0 Å². The van der Waals surface area contributed by atoms with Crippen LogP contribution in [0.4, 0.5) is 0 Å². The molecule has 1 N–H and O–H groups in total. The molecule has 17 heavy (non-hydrogen) atoms. The zero-order valence-corrected chi connectivity index (χ0v) is 11.1. The Kier molecular flexibility index (Phi) is 2.99. The van der Waals surface area contributed by atoms with Crippen LogP contribution in [0.2, 0.25) is 0 Å². The zero-order valence-electron chi connectivity index (χ0n) is 11.1. The minimum atomic E-state index is -0.144. The Bertz CT molecular complexity index is 275. The summed E-state index contributed by atoms with van der Waals surface area (Å²) in [4.78, 5) is 0. The molecule has 2 nitrogen and oxygen atoms in total. The Balaban J connectivity index is 1.57. The lowest BCUT2D eigenvalue weighted by Crippen LogP contribution is -2.33. The standard InChI is InChI=1S/C15H26O2/c1-12(16)14(9-10-14)11-13-5-8-15(17-13)6-3-2-4-7-15/h12-13,16H,2-11H2,1H3. The number of rotatable bonds is 3. The van der Waals surface area contributed by atoms with Gasteiger partial charge in [0.15, 0.2) is 0 Å². The summed E-state index contributed by atoms with van der Waals surface area (Å²) in [6, 6.07) is 0. The average Bonchev–Trinajstić information content (AvgIpc) is 3.00. The summed E-state index contributed by atoms with van der Waals surface area (Å²) >= 11 is 0. The van der Waals surface area contributed by atoms with Gasteiger partial charge in [-0.15, -0.1) is 0 Å². The largest absolute Gasteiger partial charge is 0.393 e. The summed E-state index contributed by atoms with van der Waals surface area (Å²) in [5, 5.41) is 9.85. The van der Waals surface area contributed by atoms with E-state index in [0.717, 1.165) is 6.42 Å². The predicted molar refractivity (Wildman–Crippen MR) is 67.9 cm³/mol. The summed E-state index contributed by atoms with van der Waals surface area (Å²) in [5.74, 6) is 0. The highest BCUT2D eigenvalue weighted by atomic mass is 16.5. The van der Waals surface area contributed by atoms with Crippen molar-refractivity contribution in [1.29, 1.82) is 0 Å². The van der Waals surface area contributed by atoms with Gasteiger partial charge in [-0.1, -0.05) is 19.3 Å². The second-order valence-corrected chi connectivity index (χ2v) is 6.76. The van der Waals surface area contributed by atoms with Crippen LogP contribution in [0.5, 0.6) is 0 Å². The molecule has 1 saturated heterocycles. The first kappa shape index (κ1) is 12.0. The van der Waals surface area contributed by atoms with Crippen molar-refractivity contribution in [2.75, 3.05) is 0 Å². The van der Waals surface area contributed by atoms with Crippen LogP contribution in [-0.2, 0) is 4.74 Å². The first-order valence-electron chi connectivity index (χ1n) is 7.50. The van der Waals surface area contributed by atoms with Crippen LogP contribution in [0.1, 0.15) is 71.1 Å². The Morgan fingerprint density at radius 3 is 2.41 bits per heavy atom. The van der Waals surface area contributed by atoms with Crippen molar-refractivity contribution >= 4 is 0 Å². The van der Waals surface area contributed by atoms with E-state index in [1.165, 1.54) is 57.8 Å². The van der Waals surface area contributed by atoms with Gasteiger partial charge in [0.2, 0.25) is 0 Å². The molecule has 1 heterocycles. The van der Waals surface area contributed by atoms with Gasteiger partial charge in [-0.05, 0) is 57.3 Å². The highest BCUT2D eigenvalue weighted by Gasteiger charge is 2.51. The van der Waals surface area contributed by atoms with E-state index in [4.69, 9.17) is 4.74 Å². The number of hydrogen-bond donors (Lipinski definition) is 1. The summed E-state index contributed by atoms with van der Waals surface area (Å²) < 4.78 is 6.40. The highest BCUT2D eigenvalue weighted by molar-refractivity contribution is 5.01. The molecular weight excluding hydrogens is 212 g/mol. The lowest BCUT2D eigenvalue weighted by Gasteiger charge is -2.34. The predicted octanol–water partition coefficient (Wildman–Crippen LogP) is 3.42. The van der Waals surface area contributed by atoms with Gasteiger partial charge in [0.25, 0.3) is 0 Å². The molecule has 2 atom stereocenters. The molecule has 1 spiro atoms. The number of aliphatic hydroxyl groups excluding tert-OH is 1. The summed E-state index contributed by atoms with van der Waals surface area (Å²) in [6.45, 7) is 1.96. The fraction of sp³-hybridized carbons (Fsp3) is 1.00. The molecule has 0 bridgehead atoms. The zero-order chi connectivity index (χ0) is 11.9. The van der Waals surface area contributed by atoms with Crippen LogP contribution in [0.15, 0.2) is 0 Å². The first-order valence-corrected chi connectivity index (χ1v) is 7.50. The van der Waals surface area contributed by atoms with Gasteiger partial charge in [-0.25, -0.2) is 0 Å². The quantitative estimate of drug-likeness (QED) is 0.816. The van der Waals surface area contributed by atoms with Gasteiger partial charge in [0.05, 0.1) is 17.8 Å². The van der Waals surface area contributed by atoms with Gasteiger partial charge in [0.1, 0.15) is 0 Å². The number of hydrogen-bond acceptors (Lipinski definition) is 2. The van der Waals surface area contributed by atoms with Crippen molar-refractivity contribution in [1.82, 2.24) is 0 Å². The lowest BCUT2D eigenvalue weighted by atomic mass is 9.83. The minimum Gasteiger partial charge on any atom is -0.393 e. The summed E-state index contributed by atoms with van der Waals surface area (Å²) in [6.07, 6.45) is 13.0. The molecule has 2 aliphatic carbocycles. The second kappa shape index (κ2) is 4.24. The molecule has 0 amide bonds. The van der Waals surface area contributed by atoms with Crippen molar-refractivity contribution in [3.05, 3.63) is 0 Å². The van der Waals surface area contributed by atoms with E-state index in [0.29, 0.717) is 6.10 Å². The van der Waals surface area contributed by atoms with Crippen LogP contribution in [-0.4, -0.2) is 22.9 Å². The van der Waals surface area contributed by atoms with Crippen LogP contribution >= 0.6 is 0 Å². The van der Waals surface area contributed by atoms with Gasteiger partial charge in [0, 0.05) is 0 Å². The Morgan fingerprint density at radius 1 is 1.12 bits per heavy atom. The molecular formula is C15H26O2. The maximum atomic E-state index is 9.85. The third kappa shape index (κ3) is 2.26. The van der Waals surface area contributed by atoms with E-state index < -0.39 is 0 Å². The molecule has 98 valence electrons. The van der Waals surface area contributed by atoms with E-state index in [1.54, 1.807) is 0 Å². The Hall–Kier alpha value is -0.0800. The molecule has 1 aliphatic heterocycles. The maximum absolute atomic E-state index is 9.85. The first-order chi connectivity index (χ1) is 8.14. The van der Waals surface area contributed by atoms with Gasteiger partial charge in [-0.2, -0.15) is 0 Å². The molecule has 3 fully saturated rings. The summed E-state index contributed by atoms with van der Waals surface area (Å²) in [7, 11) is 0. The third-order valence-corrected chi connectivity index (χ3v) is 5.52. The molecule has 2 saturated carbocycles. The van der Waals surface area contributed by atoms with Crippen molar-refractivity contribution in [2.24, 2.45) is 5.41 Å². The molecule has 3 aliphatic rings. The van der Waals surface area contributed by atoms with E-state index in [1.807, 2.05) is 6.92 Å². The minimum absolute atomic E-state index is 0.144. The molecule has 2 heteroatoms. The average molecular weight is 238 g/mol. The van der Waals surface area contributed by atoms with Gasteiger partial charge < -0.3 is 9.84 Å². The van der Waals surface area contributed by atoms with Crippen LogP contribution in [0.25, 0.3) is 0 Å². The van der Waals surface area contributed by atoms with E-state index >= 15 is 0 Å².